The normalized spacial score (nSPS) is 16.2. The molecule has 10 heteroatoms. The van der Waals surface area contributed by atoms with Gasteiger partial charge in [0, 0.05) is 13.1 Å². The number of halogens is 1. The zero-order chi connectivity index (χ0) is 23.9. The standard InChI is InChI=1S/C22H32FN3O5S/c1-16(2)15-31-19-14-17(8-9-18(19)23)10-11-24-32(29,30)13-7-5-6-12-26-21(28)25-20(27)22(26,3)4/h5-6,8-9,14,16,24H,7,10-13,15H2,1-4H3,(H,25,27,28). The van der Waals surface area contributed by atoms with E-state index in [1.165, 1.54) is 11.0 Å². The number of amides is 3. The van der Waals surface area contributed by atoms with Crippen LogP contribution in [0.3, 0.4) is 0 Å². The Balaban J connectivity index is 1.76. The van der Waals surface area contributed by atoms with Crippen LogP contribution in [0.5, 0.6) is 5.75 Å². The quantitative estimate of drug-likeness (QED) is 0.362. The number of allylic oxidation sites excluding steroid dienone is 1. The highest BCUT2D eigenvalue weighted by molar-refractivity contribution is 7.89. The molecule has 3 amide bonds. The number of hydrogen-bond acceptors (Lipinski definition) is 5. The Kier molecular flexibility index (Phi) is 8.80. The Bertz CT molecular complexity index is 960. The lowest BCUT2D eigenvalue weighted by atomic mass is 10.0. The highest BCUT2D eigenvalue weighted by atomic mass is 32.2. The molecule has 1 saturated heterocycles. The van der Waals surface area contributed by atoms with Gasteiger partial charge in [-0.05, 0) is 50.3 Å². The van der Waals surface area contributed by atoms with Crippen molar-refractivity contribution < 1.29 is 27.1 Å². The second kappa shape index (κ2) is 10.9. The molecule has 32 heavy (non-hydrogen) atoms. The maximum Gasteiger partial charge on any atom is 0.325 e. The summed E-state index contributed by atoms with van der Waals surface area (Å²) in [4.78, 5) is 24.9. The van der Waals surface area contributed by atoms with Gasteiger partial charge < -0.3 is 9.64 Å². The minimum Gasteiger partial charge on any atom is -0.490 e. The van der Waals surface area contributed by atoms with E-state index in [0.717, 1.165) is 5.56 Å². The first-order chi connectivity index (χ1) is 14.9. The van der Waals surface area contributed by atoms with Crippen LogP contribution in [0.4, 0.5) is 9.18 Å². The van der Waals surface area contributed by atoms with Gasteiger partial charge in [0.05, 0.1) is 12.4 Å². The second-order valence-electron chi connectivity index (χ2n) is 8.62. The smallest absolute Gasteiger partial charge is 0.325 e. The van der Waals surface area contributed by atoms with Crippen molar-refractivity contribution in [3.05, 3.63) is 41.7 Å². The molecule has 2 rings (SSSR count). The predicted molar refractivity (Wildman–Crippen MR) is 120 cm³/mol. The first-order valence-corrected chi connectivity index (χ1v) is 12.2. The van der Waals surface area contributed by atoms with Gasteiger partial charge in [0.1, 0.15) is 5.54 Å². The van der Waals surface area contributed by atoms with Gasteiger partial charge in [-0.3, -0.25) is 10.1 Å². The Morgan fingerprint density at radius 1 is 1.25 bits per heavy atom. The number of hydrogen-bond donors (Lipinski definition) is 2. The molecule has 1 aromatic carbocycles. The summed E-state index contributed by atoms with van der Waals surface area (Å²) in [6.07, 6.45) is 4.01. The SMILES string of the molecule is CC(C)COc1cc(CCNS(=O)(=O)CCC=CCN2C(=O)NC(=O)C2(C)C)ccc1F. The molecule has 1 aliphatic heterocycles. The van der Waals surface area contributed by atoms with Gasteiger partial charge >= 0.3 is 6.03 Å². The molecular formula is C22H32FN3O5S. The lowest BCUT2D eigenvalue weighted by molar-refractivity contribution is -0.124. The molecule has 0 bridgehead atoms. The number of imide groups is 1. The number of urea groups is 1. The van der Waals surface area contributed by atoms with Crippen LogP contribution >= 0.6 is 0 Å². The van der Waals surface area contributed by atoms with Crippen molar-refractivity contribution in [3.63, 3.8) is 0 Å². The largest absolute Gasteiger partial charge is 0.490 e. The zero-order valence-electron chi connectivity index (χ0n) is 19.0. The number of sulfonamides is 1. The third-order valence-corrected chi connectivity index (χ3v) is 6.42. The lowest BCUT2D eigenvalue weighted by Gasteiger charge is -2.26. The molecule has 0 radical (unpaired) electrons. The van der Waals surface area contributed by atoms with Crippen LogP contribution in [0.2, 0.25) is 0 Å². The van der Waals surface area contributed by atoms with Gasteiger partial charge in [0.15, 0.2) is 11.6 Å². The van der Waals surface area contributed by atoms with E-state index in [2.05, 4.69) is 10.0 Å². The Morgan fingerprint density at radius 3 is 2.59 bits per heavy atom. The molecule has 0 aromatic heterocycles. The molecule has 0 atom stereocenters. The van der Waals surface area contributed by atoms with Crippen LogP contribution in [0.15, 0.2) is 30.4 Å². The van der Waals surface area contributed by atoms with E-state index >= 15 is 0 Å². The minimum absolute atomic E-state index is 0.107. The molecule has 0 spiro atoms. The highest BCUT2D eigenvalue weighted by Crippen LogP contribution is 2.21. The third-order valence-electron chi connectivity index (χ3n) is 5.01. The number of nitrogens with zero attached hydrogens (tertiary/aromatic N) is 1. The summed E-state index contributed by atoms with van der Waals surface area (Å²) in [7, 11) is -3.49. The number of carbonyl (C=O) groups excluding carboxylic acids is 2. The van der Waals surface area contributed by atoms with E-state index in [-0.39, 0.29) is 42.8 Å². The second-order valence-corrected chi connectivity index (χ2v) is 10.5. The molecular weight excluding hydrogens is 437 g/mol. The average Bonchev–Trinajstić information content (AvgIpc) is 2.89. The minimum atomic E-state index is -3.49. The summed E-state index contributed by atoms with van der Waals surface area (Å²) >= 11 is 0. The highest BCUT2D eigenvalue weighted by Gasteiger charge is 2.44. The van der Waals surface area contributed by atoms with Crippen LogP contribution in [0.1, 0.15) is 39.7 Å². The summed E-state index contributed by atoms with van der Waals surface area (Å²) in [5.41, 5.74) is -0.163. The molecule has 2 N–H and O–H groups in total. The van der Waals surface area contributed by atoms with E-state index in [1.54, 1.807) is 38.1 Å². The maximum atomic E-state index is 13.8. The number of ether oxygens (including phenoxy) is 1. The monoisotopic (exact) mass is 469 g/mol. The van der Waals surface area contributed by atoms with Gasteiger partial charge in [-0.15, -0.1) is 0 Å². The average molecular weight is 470 g/mol. The molecule has 1 fully saturated rings. The van der Waals surface area contributed by atoms with Crippen LogP contribution in [-0.2, 0) is 21.2 Å². The molecule has 178 valence electrons. The van der Waals surface area contributed by atoms with Crippen molar-refractivity contribution in [2.75, 3.05) is 25.4 Å². The van der Waals surface area contributed by atoms with Crippen molar-refractivity contribution in [1.82, 2.24) is 14.9 Å². The maximum absolute atomic E-state index is 13.8. The fraction of sp³-hybridized carbons (Fsp3) is 0.545. The molecule has 0 aliphatic carbocycles. The van der Waals surface area contributed by atoms with E-state index in [0.29, 0.717) is 13.0 Å². The summed E-state index contributed by atoms with van der Waals surface area (Å²) in [6, 6.07) is 4.06. The molecule has 1 aromatic rings. The van der Waals surface area contributed by atoms with Gasteiger partial charge in [0.25, 0.3) is 5.91 Å². The van der Waals surface area contributed by atoms with Crippen molar-refractivity contribution in [1.29, 1.82) is 0 Å². The lowest BCUT2D eigenvalue weighted by Crippen LogP contribution is -2.44. The molecule has 1 aliphatic rings. The summed E-state index contributed by atoms with van der Waals surface area (Å²) in [5, 5.41) is 2.26. The first kappa shape index (κ1) is 25.8. The molecule has 0 unspecified atom stereocenters. The van der Waals surface area contributed by atoms with Crippen molar-refractivity contribution in [2.45, 2.75) is 46.1 Å². The van der Waals surface area contributed by atoms with Gasteiger partial charge in [-0.2, -0.15) is 0 Å². The first-order valence-electron chi connectivity index (χ1n) is 10.6. The number of nitrogens with one attached hydrogen (secondary N) is 2. The Hall–Kier alpha value is -2.46. The molecule has 0 saturated carbocycles. The molecule has 8 nitrogen and oxygen atoms in total. The van der Waals surface area contributed by atoms with Gasteiger partial charge in [-0.25, -0.2) is 22.3 Å². The van der Waals surface area contributed by atoms with Crippen molar-refractivity contribution in [2.24, 2.45) is 5.92 Å². The Morgan fingerprint density at radius 2 is 1.97 bits per heavy atom. The van der Waals surface area contributed by atoms with Crippen LogP contribution in [0, 0.1) is 11.7 Å². The van der Waals surface area contributed by atoms with E-state index < -0.39 is 27.4 Å². The van der Waals surface area contributed by atoms with Crippen LogP contribution in [0.25, 0.3) is 0 Å². The van der Waals surface area contributed by atoms with E-state index in [4.69, 9.17) is 4.74 Å². The summed E-state index contributed by atoms with van der Waals surface area (Å²) in [6.45, 7) is 8.03. The third kappa shape index (κ3) is 7.30. The van der Waals surface area contributed by atoms with Gasteiger partial charge in [0.2, 0.25) is 10.0 Å². The summed E-state index contributed by atoms with van der Waals surface area (Å²) < 4.78 is 46.2. The predicted octanol–water partition coefficient (Wildman–Crippen LogP) is 2.60. The van der Waals surface area contributed by atoms with Crippen molar-refractivity contribution >= 4 is 22.0 Å². The van der Waals surface area contributed by atoms with E-state index in [9.17, 15) is 22.4 Å². The topological polar surface area (TPSA) is 105 Å². The van der Waals surface area contributed by atoms with Gasteiger partial charge in [-0.1, -0.05) is 32.1 Å². The summed E-state index contributed by atoms with van der Waals surface area (Å²) in [5.74, 6) is -0.478. The number of carbonyl (C=O) groups is 2. The fourth-order valence-electron chi connectivity index (χ4n) is 3.02. The zero-order valence-corrected chi connectivity index (χ0v) is 19.8. The van der Waals surface area contributed by atoms with E-state index in [1.807, 2.05) is 13.8 Å². The Labute approximate surface area is 189 Å². The van der Waals surface area contributed by atoms with Crippen molar-refractivity contribution in [3.8, 4) is 5.75 Å². The number of rotatable bonds is 12. The van der Waals surface area contributed by atoms with Crippen LogP contribution in [-0.4, -0.2) is 56.2 Å². The number of benzene rings is 1. The fourth-order valence-corrected chi connectivity index (χ4v) is 4.02. The molecule has 1 heterocycles. The van der Waals surface area contributed by atoms with Crippen LogP contribution < -0.4 is 14.8 Å².